The fourth-order valence-corrected chi connectivity index (χ4v) is 12.0. The number of nitrogens with zero attached hydrogens (tertiary/aromatic N) is 3. The van der Waals surface area contributed by atoms with Gasteiger partial charge in [-0.3, -0.25) is 0 Å². The number of hydrogen-bond donors (Lipinski definition) is 2. The van der Waals surface area contributed by atoms with Gasteiger partial charge >= 0.3 is 6.09 Å². The molecule has 2 aromatic carbocycles. The molecule has 8 rings (SSSR count). The summed E-state index contributed by atoms with van der Waals surface area (Å²) in [6.45, 7) is 7.45. The SMILES string of the molecule is CC(C)CN(CCC(Cc1ccccc1)NC(=O)OC1C2COC3OC1CC3C2)S(=O)(=O)c1ccc2nc(NC3CCN(C4CCCC4)CC3)sc2c1. The van der Waals surface area contributed by atoms with E-state index in [9.17, 15) is 13.2 Å². The van der Waals surface area contributed by atoms with E-state index in [-0.39, 0.29) is 47.8 Å². The fraction of sp³-hybridized carbons (Fsp3) is 0.650. The van der Waals surface area contributed by atoms with E-state index in [0.717, 1.165) is 65.7 Å². The van der Waals surface area contributed by atoms with E-state index >= 15 is 0 Å². The highest BCUT2D eigenvalue weighted by Gasteiger charge is 2.53. The zero-order valence-electron chi connectivity index (χ0n) is 31.0. The van der Waals surface area contributed by atoms with Crippen LogP contribution in [0, 0.1) is 17.8 Å². The normalized spacial score (nSPS) is 27.2. The number of ether oxygens (including phenoxy) is 3. The Bertz CT molecular complexity index is 1800. The molecule has 3 saturated heterocycles. The molecule has 5 aliphatic rings. The van der Waals surface area contributed by atoms with Gasteiger partial charge in [0.25, 0.3) is 0 Å². The Labute approximate surface area is 318 Å². The van der Waals surface area contributed by atoms with Crippen LogP contribution in [0.2, 0.25) is 0 Å². The molecular weight excluding hydrogens is 711 g/mol. The van der Waals surface area contributed by atoms with Crippen LogP contribution >= 0.6 is 11.3 Å². The number of carbonyl (C=O) groups excluding carboxylic acids is 1. The summed E-state index contributed by atoms with van der Waals surface area (Å²) in [7, 11) is -3.84. The molecule has 53 heavy (non-hydrogen) atoms. The minimum Gasteiger partial charge on any atom is -0.443 e. The van der Waals surface area contributed by atoms with Gasteiger partial charge in [0, 0.05) is 56.1 Å². The van der Waals surface area contributed by atoms with E-state index in [1.807, 2.05) is 50.2 Å². The third-order valence-electron chi connectivity index (χ3n) is 12.0. The number of nitrogens with one attached hydrogen (secondary N) is 2. The number of sulfonamides is 1. The molecule has 6 atom stereocenters. The molecule has 13 heteroatoms. The van der Waals surface area contributed by atoms with Gasteiger partial charge in [-0.05, 0) is 81.0 Å². The van der Waals surface area contributed by atoms with Gasteiger partial charge in [-0.1, -0.05) is 68.4 Å². The third-order valence-corrected chi connectivity index (χ3v) is 14.8. The summed E-state index contributed by atoms with van der Waals surface area (Å²) < 4.78 is 49.1. The number of rotatable bonds is 14. The highest BCUT2D eigenvalue weighted by Crippen LogP contribution is 2.46. The number of amides is 1. The van der Waals surface area contributed by atoms with Crippen molar-refractivity contribution in [3.8, 4) is 0 Å². The Morgan fingerprint density at radius 1 is 1.06 bits per heavy atom. The zero-order chi connectivity index (χ0) is 36.5. The van der Waals surface area contributed by atoms with Crippen molar-refractivity contribution in [1.29, 1.82) is 0 Å². The Morgan fingerprint density at radius 2 is 1.85 bits per heavy atom. The molecule has 4 heterocycles. The maximum atomic E-state index is 14.3. The Balaban J connectivity index is 0.932. The minimum atomic E-state index is -3.84. The highest BCUT2D eigenvalue weighted by molar-refractivity contribution is 7.89. The average molecular weight is 766 g/mol. The number of benzene rings is 2. The molecule has 2 saturated carbocycles. The predicted octanol–water partition coefficient (Wildman–Crippen LogP) is 6.64. The number of piperidine rings is 1. The van der Waals surface area contributed by atoms with E-state index in [1.165, 1.54) is 37.0 Å². The third kappa shape index (κ3) is 8.55. The van der Waals surface area contributed by atoms with Crippen molar-refractivity contribution >= 4 is 42.8 Å². The van der Waals surface area contributed by atoms with Crippen LogP contribution in [-0.2, 0) is 30.7 Å². The van der Waals surface area contributed by atoms with E-state index in [4.69, 9.17) is 19.2 Å². The first-order valence-corrected chi connectivity index (χ1v) is 22.1. The first kappa shape index (κ1) is 37.1. The molecule has 5 fully saturated rings. The molecule has 288 valence electrons. The monoisotopic (exact) mass is 765 g/mol. The molecule has 2 aliphatic carbocycles. The number of likely N-dealkylation sites (tertiary alicyclic amines) is 1. The summed E-state index contributed by atoms with van der Waals surface area (Å²) in [4.78, 5) is 21.2. The number of hydrogen-bond acceptors (Lipinski definition) is 10. The molecule has 11 nitrogen and oxygen atoms in total. The van der Waals surface area contributed by atoms with E-state index < -0.39 is 16.1 Å². The van der Waals surface area contributed by atoms with E-state index in [0.29, 0.717) is 38.0 Å². The lowest BCUT2D eigenvalue weighted by atomic mass is 9.78. The molecule has 3 bridgehead atoms. The first-order valence-electron chi connectivity index (χ1n) is 19.9. The maximum absolute atomic E-state index is 14.3. The molecule has 6 unspecified atom stereocenters. The molecule has 3 aromatic rings. The van der Waals surface area contributed by atoms with E-state index in [1.54, 1.807) is 16.4 Å². The van der Waals surface area contributed by atoms with Gasteiger partial charge in [0.1, 0.15) is 6.10 Å². The van der Waals surface area contributed by atoms with Crippen molar-refractivity contribution < 1.29 is 27.4 Å². The zero-order valence-corrected chi connectivity index (χ0v) is 32.7. The Hall–Kier alpha value is -2.81. The molecule has 1 amide bonds. The first-order chi connectivity index (χ1) is 25.7. The van der Waals surface area contributed by atoms with Crippen molar-refractivity contribution in [1.82, 2.24) is 19.5 Å². The van der Waals surface area contributed by atoms with Crippen LogP contribution < -0.4 is 10.6 Å². The standard InChI is InChI=1S/C40H55N5O6S2/c1-26(2)24-45(19-16-31(20-27-8-4-3-5-9-27)42-40(46)51-37-29-21-28-22-35(37)50-38(28)49-25-29)53(47,48)33-12-13-34-36(23-33)52-39(43-34)41-30-14-17-44(18-15-30)32-10-6-7-11-32/h3-5,8-9,12-13,23,26,28-32,35,37-38H,6-7,10-11,14-22,24-25H2,1-2H3,(H,41,43)(H,42,46). The van der Waals surface area contributed by atoms with Gasteiger partial charge in [-0.2, -0.15) is 4.31 Å². The van der Waals surface area contributed by atoms with Crippen molar-refractivity contribution in [3.05, 3.63) is 54.1 Å². The number of anilines is 1. The molecule has 1 aromatic heterocycles. The van der Waals surface area contributed by atoms with Crippen LogP contribution in [0.3, 0.4) is 0 Å². The Morgan fingerprint density at radius 3 is 2.62 bits per heavy atom. The Kier molecular flexibility index (Phi) is 11.3. The number of carbonyl (C=O) groups is 1. The number of alkyl carbamates (subject to hydrolysis) is 1. The molecule has 0 spiro atoms. The van der Waals surface area contributed by atoms with Gasteiger partial charge in [0.2, 0.25) is 10.0 Å². The van der Waals surface area contributed by atoms with Crippen molar-refractivity contribution in [2.24, 2.45) is 17.8 Å². The number of fused-ring (bicyclic) bond motifs is 3. The summed E-state index contributed by atoms with van der Waals surface area (Å²) in [5.41, 5.74) is 1.86. The van der Waals surface area contributed by atoms with Crippen LogP contribution in [0.4, 0.5) is 9.93 Å². The summed E-state index contributed by atoms with van der Waals surface area (Å²) in [5, 5.41) is 7.62. The summed E-state index contributed by atoms with van der Waals surface area (Å²) in [5.74, 6) is 0.619. The lowest BCUT2D eigenvalue weighted by Crippen LogP contribution is -2.48. The van der Waals surface area contributed by atoms with Crippen LogP contribution in [-0.4, -0.2) is 98.1 Å². The number of thiazole rings is 1. The van der Waals surface area contributed by atoms with Crippen LogP contribution in [0.15, 0.2) is 53.4 Å². The summed E-state index contributed by atoms with van der Waals surface area (Å²) >= 11 is 1.53. The maximum Gasteiger partial charge on any atom is 0.407 e. The van der Waals surface area contributed by atoms with Gasteiger partial charge in [-0.25, -0.2) is 18.2 Å². The average Bonchev–Trinajstić information content (AvgIpc) is 3.89. The fourth-order valence-electron chi connectivity index (χ4n) is 9.32. The molecule has 0 radical (unpaired) electrons. The smallest absolute Gasteiger partial charge is 0.407 e. The number of aromatic nitrogens is 1. The van der Waals surface area contributed by atoms with E-state index in [2.05, 4.69) is 15.5 Å². The molecule has 2 N–H and O–H groups in total. The summed E-state index contributed by atoms with van der Waals surface area (Å²) in [6.07, 6.45) is 9.19. The second-order valence-electron chi connectivity index (χ2n) is 16.4. The highest BCUT2D eigenvalue weighted by atomic mass is 32.2. The lowest BCUT2D eigenvalue weighted by Gasteiger charge is -2.36. The second kappa shape index (κ2) is 16.1. The van der Waals surface area contributed by atoms with Crippen molar-refractivity contribution in [2.45, 2.75) is 120 Å². The minimum absolute atomic E-state index is 0.109. The van der Waals surface area contributed by atoms with Crippen LogP contribution in [0.1, 0.15) is 77.2 Å². The van der Waals surface area contributed by atoms with Crippen LogP contribution in [0.25, 0.3) is 10.2 Å². The molecule has 3 aliphatic heterocycles. The largest absolute Gasteiger partial charge is 0.443 e. The predicted molar refractivity (Wildman–Crippen MR) is 206 cm³/mol. The van der Waals surface area contributed by atoms with Gasteiger partial charge in [0.05, 0.1) is 27.8 Å². The lowest BCUT2D eigenvalue weighted by molar-refractivity contribution is -0.153. The van der Waals surface area contributed by atoms with Gasteiger partial charge in [-0.15, -0.1) is 0 Å². The van der Waals surface area contributed by atoms with Gasteiger partial charge < -0.3 is 29.7 Å². The van der Waals surface area contributed by atoms with Crippen molar-refractivity contribution in [3.63, 3.8) is 0 Å². The summed E-state index contributed by atoms with van der Waals surface area (Å²) in [6, 6.07) is 16.1. The topological polar surface area (TPSA) is 122 Å². The molecular formula is C40H55N5O6S2. The van der Waals surface area contributed by atoms with Crippen LogP contribution in [0.5, 0.6) is 0 Å². The second-order valence-corrected chi connectivity index (χ2v) is 19.3. The van der Waals surface area contributed by atoms with Gasteiger partial charge in [0.15, 0.2) is 11.4 Å². The quantitative estimate of drug-likeness (QED) is 0.186. The van der Waals surface area contributed by atoms with Crippen molar-refractivity contribution in [2.75, 3.05) is 38.1 Å².